The standard InChI is InChI=1S/C17H26ClN3O/c1-17(2,3)16(22)20-9-13-5-4-8-21(11-13)12-14-6-7-19-10-15(14)18/h6-7,10,13H,4-5,8-9,11-12H2,1-3H3,(H,20,22)/t13-/m0/s1. The first kappa shape index (κ1) is 17.2. The smallest absolute Gasteiger partial charge is 0.225 e. The number of likely N-dealkylation sites (tertiary alicyclic amines) is 1. The summed E-state index contributed by atoms with van der Waals surface area (Å²) in [5.74, 6) is 0.641. The van der Waals surface area contributed by atoms with E-state index >= 15 is 0 Å². The molecule has 0 aliphatic carbocycles. The summed E-state index contributed by atoms with van der Waals surface area (Å²) in [6.07, 6.45) is 5.82. The van der Waals surface area contributed by atoms with E-state index in [-0.39, 0.29) is 11.3 Å². The van der Waals surface area contributed by atoms with Crippen molar-refractivity contribution in [3.8, 4) is 0 Å². The van der Waals surface area contributed by atoms with Crippen LogP contribution in [0.1, 0.15) is 39.2 Å². The highest BCUT2D eigenvalue weighted by Gasteiger charge is 2.24. The van der Waals surface area contributed by atoms with Crippen molar-refractivity contribution in [2.45, 2.75) is 40.2 Å². The van der Waals surface area contributed by atoms with Crippen LogP contribution in [0.25, 0.3) is 0 Å². The minimum absolute atomic E-state index is 0.127. The van der Waals surface area contributed by atoms with Crippen molar-refractivity contribution >= 4 is 17.5 Å². The molecule has 2 rings (SSSR count). The van der Waals surface area contributed by atoms with Gasteiger partial charge in [0.15, 0.2) is 0 Å². The normalized spacial score (nSPS) is 19.9. The molecule has 1 aromatic rings. The van der Waals surface area contributed by atoms with Gasteiger partial charge in [-0.3, -0.25) is 14.7 Å². The van der Waals surface area contributed by atoms with Crippen molar-refractivity contribution in [2.75, 3.05) is 19.6 Å². The van der Waals surface area contributed by atoms with Gasteiger partial charge >= 0.3 is 0 Å². The van der Waals surface area contributed by atoms with Crippen molar-refractivity contribution in [3.63, 3.8) is 0 Å². The third kappa shape index (κ3) is 4.96. The quantitative estimate of drug-likeness (QED) is 0.926. The van der Waals surface area contributed by atoms with Crippen molar-refractivity contribution in [1.29, 1.82) is 0 Å². The van der Waals surface area contributed by atoms with E-state index in [1.807, 2.05) is 26.8 Å². The second-order valence-corrected chi connectivity index (χ2v) is 7.58. The minimum atomic E-state index is -0.321. The monoisotopic (exact) mass is 323 g/mol. The fraction of sp³-hybridized carbons (Fsp3) is 0.647. The molecule has 5 heteroatoms. The molecule has 1 N–H and O–H groups in total. The van der Waals surface area contributed by atoms with Gasteiger partial charge in [-0.1, -0.05) is 32.4 Å². The maximum absolute atomic E-state index is 12.0. The summed E-state index contributed by atoms with van der Waals surface area (Å²) in [7, 11) is 0. The SMILES string of the molecule is CC(C)(C)C(=O)NC[C@@H]1CCCN(Cc2ccncc2Cl)C1. The van der Waals surface area contributed by atoms with E-state index in [2.05, 4.69) is 15.2 Å². The van der Waals surface area contributed by atoms with E-state index in [1.165, 1.54) is 12.8 Å². The Bertz CT molecular complexity index is 513. The Hall–Kier alpha value is -1.13. The average Bonchev–Trinajstić information content (AvgIpc) is 2.46. The number of pyridine rings is 1. The fourth-order valence-electron chi connectivity index (χ4n) is 2.74. The van der Waals surface area contributed by atoms with E-state index in [0.29, 0.717) is 5.92 Å². The third-order valence-electron chi connectivity index (χ3n) is 4.09. The van der Waals surface area contributed by atoms with Crippen LogP contribution in [0.15, 0.2) is 18.5 Å². The number of aromatic nitrogens is 1. The highest BCUT2D eigenvalue weighted by molar-refractivity contribution is 6.31. The van der Waals surface area contributed by atoms with Crippen LogP contribution in [-0.4, -0.2) is 35.4 Å². The lowest BCUT2D eigenvalue weighted by atomic mass is 9.94. The first-order valence-corrected chi connectivity index (χ1v) is 8.33. The highest BCUT2D eigenvalue weighted by atomic mass is 35.5. The number of nitrogens with one attached hydrogen (secondary N) is 1. The minimum Gasteiger partial charge on any atom is -0.355 e. The lowest BCUT2D eigenvalue weighted by molar-refractivity contribution is -0.128. The van der Waals surface area contributed by atoms with Crippen LogP contribution in [0.2, 0.25) is 5.02 Å². The first-order valence-electron chi connectivity index (χ1n) is 7.95. The molecule has 0 saturated carbocycles. The van der Waals surface area contributed by atoms with Crippen LogP contribution >= 0.6 is 11.6 Å². The molecule has 0 bridgehead atoms. The number of rotatable bonds is 4. The van der Waals surface area contributed by atoms with Crippen molar-refractivity contribution in [3.05, 3.63) is 29.0 Å². The van der Waals surface area contributed by atoms with Crippen LogP contribution in [0.4, 0.5) is 0 Å². The first-order chi connectivity index (χ1) is 10.4. The van der Waals surface area contributed by atoms with E-state index < -0.39 is 0 Å². The molecule has 1 aromatic heterocycles. The molecule has 122 valence electrons. The van der Waals surface area contributed by atoms with Gasteiger partial charge in [-0.15, -0.1) is 0 Å². The fourth-order valence-corrected chi connectivity index (χ4v) is 2.92. The molecule has 0 unspecified atom stereocenters. The molecule has 0 spiro atoms. The summed E-state index contributed by atoms with van der Waals surface area (Å²) >= 11 is 6.19. The molecule has 1 aliphatic rings. The summed E-state index contributed by atoms with van der Waals surface area (Å²) in [5, 5.41) is 3.81. The molecule has 1 saturated heterocycles. The predicted octanol–water partition coefficient (Wildman–Crippen LogP) is 3.11. The maximum atomic E-state index is 12.0. The van der Waals surface area contributed by atoms with Gasteiger partial charge in [0.2, 0.25) is 5.91 Å². The maximum Gasteiger partial charge on any atom is 0.225 e. The molecule has 2 heterocycles. The van der Waals surface area contributed by atoms with Crippen molar-refractivity contribution in [2.24, 2.45) is 11.3 Å². The van der Waals surface area contributed by atoms with Gasteiger partial charge in [0, 0.05) is 37.4 Å². The van der Waals surface area contributed by atoms with E-state index in [0.717, 1.165) is 36.8 Å². The number of hydrogen-bond donors (Lipinski definition) is 1. The predicted molar refractivity (Wildman–Crippen MR) is 89.7 cm³/mol. The molecular formula is C17H26ClN3O. The zero-order valence-corrected chi connectivity index (χ0v) is 14.5. The van der Waals surface area contributed by atoms with Gasteiger partial charge in [-0.25, -0.2) is 0 Å². The van der Waals surface area contributed by atoms with Crippen LogP contribution in [-0.2, 0) is 11.3 Å². The van der Waals surface area contributed by atoms with Gasteiger partial charge in [0.25, 0.3) is 0 Å². The van der Waals surface area contributed by atoms with Gasteiger partial charge in [-0.2, -0.15) is 0 Å². The molecule has 4 nitrogen and oxygen atoms in total. The van der Waals surface area contributed by atoms with E-state index in [9.17, 15) is 4.79 Å². The highest BCUT2D eigenvalue weighted by Crippen LogP contribution is 2.21. The lowest BCUT2D eigenvalue weighted by Crippen LogP contribution is -2.43. The van der Waals surface area contributed by atoms with Crippen LogP contribution < -0.4 is 5.32 Å². The van der Waals surface area contributed by atoms with Crippen LogP contribution in [0.3, 0.4) is 0 Å². The summed E-state index contributed by atoms with van der Waals surface area (Å²) in [4.78, 5) is 18.4. The Morgan fingerprint density at radius 3 is 2.95 bits per heavy atom. The second-order valence-electron chi connectivity index (χ2n) is 7.17. The zero-order chi connectivity index (χ0) is 16.2. The summed E-state index contributed by atoms with van der Waals surface area (Å²) in [6.45, 7) is 9.54. The average molecular weight is 324 g/mol. The Morgan fingerprint density at radius 1 is 1.50 bits per heavy atom. The number of amides is 1. The van der Waals surface area contributed by atoms with Crippen molar-refractivity contribution < 1.29 is 4.79 Å². The summed E-state index contributed by atoms with van der Waals surface area (Å²) in [5.41, 5.74) is 0.801. The van der Waals surface area contributed by atoms with Crippen LogP contribution in [0.5, 0.6) is 0 Å². The van der Waals surface area contributed by atoms with Gasteiger partial charge in [0.1, 0.15) is 0 Å². The molecule has 0 aromatic carbocycles. The van der Waals surface area contributed by atoms with E-state index in [1.54, 1.807) is 12.4 Å². The van der Waals surface area contributed by atoms with Crippen molar-refractivity contribution in [1.82, 2.24) is 15.2 Å². The summed E-state index contributed by atoms with van der Waals surface area (Å²) < 4.78 is 0. The molecular weight excluding hydrogens is 298 g/mol. The Balaban J connectivity index is 1.84. The molecule has 1 atom stereocenters. The Morgan fingerprint density at radius 2 is 2.27 bits per heavy atom. The molecule has 0 radical (unpaired) electrons. The van der Waals surface area contributed by atoms with Gasteiger partial charge in [0.05, 0.1) is 5.02 Å². The third-order valence-corrected chi connectivity index (χ3v) is 4.43. The lowest BCUT2D eigenvalue weighted by Gasteiger charge is -2.33. The number of carbonyl (C=O) groups is 1. The largest absolute Gasteiger partial charge is 0.355 e. The van der Waals surface area contributed by atoms with Gasteiger partial charge < -0.3 is 5.32 Å². The molecule has 1 amide bonds. The molecule has 22 heavy (non-hydrogen) atoms. The number of carbonyl (C=O) groups excluding carboxylic acids is 1. The summed E-state index contributed by atoms with van der Waals surface area (Å²) in [6, 6.07) is 1.98. The number of halogens is 1. The number of hydrogen-bond acceptors (Lipinski definition) is 3. The Labute approximate surface area is 138 Å². The number of piperidine rings is 1. The Kier molecular flexibility index (Phi) is 5.81. The zero-order valence-electron chi connectivity index (χ0n) is 13.7. The second kappa shape index (κ2) is 7.42. The van der Waals surface area contributed by atoms with E-state index in [4.69, 9.17) is 11.6 Å². The number of nitrogens with zero attached hydrogens (tertiary/aromatic N) is 2. The molecule has 1 fully saturated rings. The van der Waals surface area contributed by atoms with Crippen LogP contribution in [0, 0.1) is 11.3 Å². The van der Waals surface area contributed by atoms with Gasteiger partial charge in [-0.05, 0) is 36.9 Å². The topological polar surface area (TPSA) is 45.2 Å². The molecule has 1 aliphatic heterocycles.